The Morgan fingerprint density at radius 2 is 1.72 bits per heavy atom. The molecule has 47 heavy (non-hydrogen) atoms. The lowest BCUT2D eigenvalue weighted by Crippen LogP contribution is -2.56. The van der Waals surface area contributed by atoms with Gasteiger partial charge in [0.25, 0.3) is 0 Å². The van der Waals surface area contributed by atoms with Gasteiger partial charge in [-0.15, -0.1) is 22.0 Å². The molecule has 3 aromatic heterocycles. The third-order valence-electron chi connectivity index (χ3n) is 7.93. The van der Waals surface area contributed by atoms with Gasteiger partial charge in [-0.2, -0.15) is 0 Å². The molecule has 0 amide bonds. The van der Waals surface area contributed by atoms with Crippen LogP contribution in [0, 0.1) is 17.5 Å². The number of aliphatic hydroxyl groups excluding tert-OH is 3. The molecule has 2 aliphatic heterocycles. The average molecular weight is 682 g/mol. The second kappa shape index (κ2) is 13.7. The van der Waals surface area contributed by atoms with E-state index < -0.39 is 71.2 Å². The number of aliphatic hydroxyl groups is 3. The highest BCUT2D eigenvalue weighted by Gasteiger charge is 2.49. The molecule has 0 aliphatic carbocycles. The molecule has 2 fully saturated rings. The predicted molar refractivity (Wildman–Crippen MR) is 156 cm³/mol. The number of benzene rings is 1. The summed E-state index contributed by atoms with van der Waals surface area (Å²) in [4.78, 5) is 8.37. The molecule has 4 aromatic rings. The second-order valence-electron chi connectivity index (χ2n) is 10.7. The van der Waals surface area contributed by atoms with E-state index in [0.717, 1.165) is 23.9 Å². The molecule has 0 spiro atoms. The number of hydrogen-bond acceptors (Lipinski definition) is 15. The Hall–Kier alpha value is -3.92. The van der Waals surface area contributed by atoms with Crippen molar-refractivity contribution in [2.45, 2.75) is 47.2 Å². The second-order valence-corrected chi connectivity index (χ2v) is 12.1. The summed E-state index contributed by atoms with van der Waals surface area (Å²) < 4.78 is 66.6. The van der Waals surface area contributed by atoms with Crippen LogP contribution in [0.2, 0.25) is 0 Å². The zero-order valence-electron chi connectivity index (χ0n) is 24.8. The lowest BCUT2D eigenvalue weighted by Gasteiger charge is -2.45. The number of anilines is 1. The molecule has 0 radical (unpaired) electrons. The molecule has 1 aromatic carbocycles. The number of ether oxygens (including phenoxy) is 4. The van der Waals surface area contributed by atoms with Crippen LogP contribution in [0.15, 0.2) is 30.7 Å². The summed E-state index contributed by atoms with van der Waals surface area (Å²) in [6.45, 7) is -0.351. The zero-order chi connectivity index (χ0) is 33.4. The number of halogens is 3. The molecule has 16 nitrogen and oxygen atoms in total. The van der Waals surface area contributed by atoms with E-state index >= 15 is 0 Å². The van der Waals surface area contributed by atoms with Gasteiger partial charge in [0, 0.05) is 12.7 Å². The van der Waals surface area contributed by atoms with Crippen LogP contribution in [0.5, 0.6) is 5.75 Å². The van der Waals surface area contributed by atoms with E-state index in [-0.39, 0.29) is 36.1 Å². The van der Waals surface area contributed by atoms with Crippen molar-refractivity contribution in [2.24, 2.45) is 0 Å². The van der Waals surface area contributed by atoms with Crippen LogP contribution in [0.3, 0.4) is 0 Å². The maximum atomic E-state index is 13.9. The van der Waals surface area contributed by atoms with Crippen molar-refractivity contribution in [2.75, 3.05) is 39.8 Å². The molecule has 6 rings (SSSR count). The van der Waals surface area contributed by atoms with Crippen molar-refractivity contribution in [1.29, 1.82) is 0 Å². The molecule has 2 aliphatic rings. The Kier molecular flexibility index (Phi) is 9.60. The number of thioether (sulfide) groups is 1. The molecule has 0 bridgehead atoms. The molecule has 5 heterocycles. The lowest BCUT2D eigenvalue weighted by molar-refractivity contribution is -0.186. The summed E-state index contributed by atoms with van der Waals surface area (Å²) >= 11 is 1.15. The van der Waals surface area contributed by atoms with E-state index in [1.807, 2.05) is 0 Å². The molecule has 0 saturated carbocycles. The van der Waals surface area contributed by atoms with E-state index in [9.17, 15) is 28.5 Å². The third-order valence-corrected chi connectivity index (χ3v) is 9.34. The Morgan fingerprint density at radius 1 is 1.02 bits per heavy atom. The lowest BCUT2D eigenvalue weighted by atomic mass is 9.97. The van der Waals surface area contributed by atoms with Crippen LogP contribution in [0.4, 0.5) is 19.0 Å². The SMILES string of the molecule is COc1cnc(-c2cn(C3COCC(SC4OC(CO)C(O)C(n5cc(-c6cc(F)c(F)c(F)c6)nn5)C4OC)C3O)nn2)nc1N. The normalized spacial score (nSPS) is 28.0. The predicted octanol–water partition coefficient (Wildman–Crippen LogP) is 0.370. The van der Waals surface area contributed by atoms with Gasteiger partial charge in [-0.25, -0.2) is 32.5 Å². The van der Waals surface area contributed by atoms with E-state index in [1.165, 1.54) is 36.0 Å². The Bertz CT molecular complexity index is 1690. The maximum absolute atomic E-state index is 13.9. The van der Waals surface area contributed by atoms with Crippen LogP contribution >= 0.6 is 11.8 Å². The number of nitrogens with zero attached hydrogens (tertiary/aromatic N) is 8. The van der Waals surface area contributed by atoms with Crippen molar-refractivity contribution < 1.29 is 47.4 Å². The number of rotatable bonds is 9. The summed E-state index contributed by atoms with van der Waals surface area (Å²) in [5, 5.41) is 48.3. The van der Waals surface area contributed by atoms with Crippen LogP contribution in [-0.4, -0.2) is 124 Å². The van der Waals surface area contributed by atoms with Crippen molar-refractivity contribution >= 4 is 17.6 Å². The van der Waals surface area contributed by atoms with Gasteiger partial charge in [-0.3, -0.25) is 0 Å². The fourth-order valence-corrected chi connectivity index (χ4v) is 6.96. The summed E-state index contributed by atoms with van der Waals surface area (Å²) in [6.07, 6.45) is -0.168. The number of hydrogen-bond donors (Lipinski definition) is 4. The molecular weight excluding hydrogens is 651 g/mol. The first-order valence-corrected chi connectivity index (χ1v) is 15.1. The zero-order valence-corrected chi connectivity index (χ0v) is 25.6. The van der Waals surface area contributed by atoms with Gasteiger partial charge in [0.15, 0.2) is 34.8 Å². The number of nitrogen functional groups attached to an aromatic ring is 1. The molecular formula is C27H30F3N9O7S. The highest BCUT2D eigenvalue weighted by atomic mass is 32.2. The van der Waals surface area contributed by atoms with E-state index in [1.54, 1.807) is 6.20 Å². The van der Waals surface area contributed by atoms with E-state index in [0.29, 0.717) is 11.4 Å². The fraction of sp³-hybridized carbons (Fsp3) is 0.481. The highest BCUT2D eigenvalue weighted by molar-refractivity contribution is 8.00. The summed E-state index contributed by atoms with van der Waals surface area (Å²) in [6, 6.07) is -0.137. The molecule has 20 heteroatoms. The Balaban J connectivity index is 1.22. The fourth-order valence-electron chi connectivity index (χ4n) is 5.46. The van der Waals surface area contributed by atoms with Crippen molar-refractivity contribution in [3.63, 3.8) is 0 Å². The van der Waals surface area contributed by atoms with Gasteiger partial charge in [0.2, 0.25) is 0 Å². The standard InChI is InChI=1S/C27H30F3N9O7S/c1-43-17-5-32-26(33-25(17)31)15-7-38(36-35-15)16-9-45-10-19(22(16)41)47-27-24(44-2)21(23(42)18(8-40)46-27)39-6-14(34-37-39)11-3-12(28)20(30)13(29)4-11/h3-7,16,18-19,21-24,27,40-42H,8-10H2,1-2H3,(H2,31,32,33). The van der Waals surface area contributed by atoms with Crippen LogP contribution in [-0.2, 0) is 14.2 Å². The summed E-state index contributed by atoms with van der Waals surface area (Å²) in [5.41, 5.74) is 5.22. The van der Waals surface area contributed by atoms with Crippen LogP contribution in [0.1, 0.15) is 12.1 Å². The van der Waals surface area contributed by atoms with Gasteiger partial charge < -0.3 is 40.0 Å². The van der Waals surface area contributed by atoms with Gasteiger partial charge in [0.1, 0.15) is 47.2 Å². The largest absolute Gasteiger partial charge is 0.491 e. The first kappa shape index (κ1) is 33.0. The minimum Gasteiger partial charge on any atom is -0.491 e. The highest BCUT2D eigenvalue weighted by Crippen LogP contribution is 2.41. The third kappa shape index (κ3) is 6.36. The van der Waals surface area contributed by atoms with Gasteiger partial charge in [-0.05, 0) is 12.1 Å². The first-order valence-electron chi connectivity index (χ1n) is 14.2. The smallest absolute Gasteiger partial charge is 0.194 e. The molecule has 2 saturated heterocycles. The summed E-state index contributed by atoms with van der Waals surface area (Å²) in [7, 11) is 2.82. The maximum Gasteiger partial charge on any atom is 0.194 e. The first-order chi connectivity index (χ1) is 22.6. The minimum absolute atomic E-state index is 0.00466. The topological polar surface area (TPSA) is 211 Å². The van der Waals surface area contributed by atoms with E-state index in [2.05, 4.69) is 30.6 Å². The quantitative estimate of drug-likeness (QED) is 0.176. The molecule has 8 unspecified atom stereocenters. The monoisotopic (exact) mass is 681 g/mol. The number of aromatic nitrogens is 8. The van der Waals surface area contributed by atoms with Crippen LogP contribution < -0.4 is 10.5 Å². The average Bonchev–Trinajstić information content (AvgIpc) is 3.76. The molecule has 252 valence electrons. The van der Waals surface area contributed by atoms with Crippen molar-refractivity contribution in [3.8, 4) is 28.5 Å². The van der Waals surface area contributed by atoms with Crippen molar-refractivity contribution in [3.05, 3.63) is 48.2 Å². The summed E-state index contributed by atoms with van der Waals surface area (Å²) in [5.74, 6) is -3.80. The Labute approximate surface area is 268 Å². The van der Waals surface area contributed by atoms with Gasteiger partial charge >= 0.3 is 0 Å². The number of nitrogens with two attached hydrogens (primary N) is 1. The number of methoxy groups -OCH3 is 2. The Morgan fingerprint density at radius 3 is 2.40 bits per heavy atom. The van der Waals surface area contributed by atoms with Gasteiger partial charge in [0.05, 0.1) is 56.9 Å². The van der Waals surface area contributed by atoms with Crippen molar-refractivity contribution in [1.82, 2.24) is 40.0 Å². The molecule has 5 N–H and O–H groups in total. The van der Waals surface area contributed by atoms with Crippen LogP contribution in [0.25, 0.3) is 22.8 Å². The van der Waals surface area contributed by atoms with E-state index in [4.69, 9.17) is 24.7 Å². The minimum atomic E-state index is -1.62. The molecule has 8 atom stereocenters. The van der Waals surface area contributed by atoms with Gasteiger partial charge in [-0.1, -0.05) is 10.4 Å².